The normalized spacial score (nSPS) is 11.5. The molecule has 0 amide bonds. The number of hydrogen-bond acceptors (Lipinski definition) is 0. The van der Waals surface area contributed by atoms with Crippen molar-refractivity contribution < 1.29 is 4.33 Å². The first-order chi connectivity index (χ1) is 11.7. The van der Waals surface area contributed by atoms with Crippen molar-refractivity contribution in [2.75, 3.05) is 0 Å². The molecule has 0 N–H and O–H groups in total. The molecule has 0 unspecified atom stereocenters. The molecular weight excluding hydrogens is 323 g/mol. The largest absolute Gasteiger partial charge is 0.358 e. The topological polar surface area (TPSA) is 8.81 Å². The highest BCUT2D eigenvalue weighted by Gasteiger charge is 2.25. The van der Waals surface area contributed by atoms with E-state index < -0.39 is 0 Å². The summed E-state index contributed by atoms with van der Waals surface area (Å²) in [7, 11) is 1.19. The molecule has 0 radical (unpaired) electrons. The highest BCUT2D eigenvalue weighted by molar-refractivity contribution is 7.17. The van der Waals surface area contributed by atoms with Crippen molar-refractivity contribution in [3.8, 4) is 11.4 Å². The van der Waals surface area contributed by atoms with Crippen LogP contribution in [0, 0.1) is 55.4 Å². The second-order valence-electron chi connectivity index (χ2n) is 7.38. The summed E-state index contributed by atoms with van der Waals surface area (Å²) >= 11 is 0. The van der Waals surface area contributed by atoms with Gasteiger partial charge < -0.3 is 0 Å². The maximum Gasteiger partial charge on any atom is 0.358 e. The molecule has 1 heterocycles. The Bertz CT molecular complexity index is 856. The number of benzene rings is 2. The Labute approximate surface area is 153 Å². The van der Waals surface area contributed by atoms with E-state index in [-0.39, 0.29) is 0 Å². The fourth-order valence-corrected chi connectivity index (χ4v) is 5.51. The van der Waals surface area contributed by atoms with Gasteiger partial charge in [0, 0.05) is 13.8 Å². The van der Waals surface area contributed by atoms with Crippen LogP contribution in [-0.4, -0.2) is 4.33 Å². The van der Waals surface area contributed by atoms with E-state index >= 15 is 0 Å². The predicted octanol–water partition coefficient (Wildman–Crippen LogP) is 5.80. The maximum absolute atomic E-state index is 2.44. The minimum atomic E-state index is 1.19. The standard InChI is InChI=1S/C22H28N2P/c1-13-9-15(3)21(16(4)10-13)23-19(7)20(8)24(25-23)22-17(5)11-14(2)12-18(22)6/h9-12H,1-8H3/q+1. The summed E-state index contributed by atoms with van der Waals surface area (Å²) in [4.78, 5) is 0. The Morgan fingerprint density at radius 2 is 1.12 bits per heavy atom. The third-order valence-electron chi connectivity index (χ3n) is 5.03. The van der Waals surface area contributed by atoms with Crippen LogP contribution in [0.2, 0.25) is 0 Å². The first-order valence-electron chi connectivity index (χ1n) is 8.85. The van der Waals surface area contributed by atoms with E-state index in [1.807, 2.05) is 0 Å². The van der Waals surface area contributed by atoms with Crippen LogP contribution in [0.1, 0.15) is 44.8 Å². The molecule has 2 nitrogen and oxygen atoms in total. The second-order valence-corrected chi connectivity index (χ2v) is 8.36. The van der Waals surface area contributed by atoms with Gasteiger partial charge in [0.15, 0.2) is 11.4 Å². The van der Waals surface area contributed by atoms with Gasteiger partial charge in [-0.3, -0.25) is 0 Å². The number of hydrogen-bond donors (Lipinski definition) is 0. The molecule has 0 atom stereocenters. The zero-order valence-electron chi connectivity index (χ0n) is 16.7. The lowest BCUT2D eigenvalue weighted by Gasteiger charge is -2.08. The molecule has 3 heteroatoms. The number of nitrogens with zero attached hydrogens (tertiary/aromatic N) is 2. The summed E-state index contributed by atoms with van der Waals surface area (Å²) < 4.78 is 4.89. The fourth-order valence-electron chi connectivity index (χ4n) is 3.97. The quantitative estimate of drug-likeness (QED) is 0.551. The van der Waals surface area contributed by atoms with Crippen molar-refractivity contribution in [1.29, 1.82) is 0 Å². The summed E-state index contributed by atoms with van der Waals surface area (Å²) in [5.74, 6) is 0. The van der Waals surface area contributed by atoms with E-state index in [1.165, 1.54) is 64.7 Å². The van der Waals surface area contributed by atoms with E-state index in [0.717, 1.165) is 0 Å². The molecule has 130 valence electrons. The minimum Gasteiger partial charge on any atom is -0.177 e. The first kappa shape index (κ1) is 17.9. The van der Waals surface area contributed by atoms with Gasteiger partial charge in [0.05, 0.1) is 0 Å². The molecule has 3 rings (SSSR count). The molecule has 0 saturated carbocycles. The van der Waals surface area contributed by atoms with Gasteiger partial charge in [0.2, 0.25) is 0 Å². The van der Waals surface area contributed by atoms with Crippen LogP contribution in [-0.2, 0) is 0 Å². The lowest BCUT2D eigenvalue weighted by atomic mass is 10.0. The predicted molar refractivity (Wildman–Crippen MR) is 108 cm³/mol. The van der Waals surface area contributed by atoms with Crippen LogP contribution in [0.25, 0.3) is 11.4 Å². The average molecular weight is 351 g/mol. The maximum atomic E-state index is 2.44. The average Bonchev–Trinajstić information content (AvgIpc) is 2.74. The minimum absolute atomic E-state index is 1.19. The van der Waals surface area contributed by atoms with E-state index in [2.05, 4.69) is 88.3 Å². The van der Waals surface area contributed by atoms with E-state index in [1.54, 1.807) is 0 Å². The van der Waals surface area contributed by atoms with Crippen LogP contribution in [0.3, 0.4) is 0 Å². The molecule has 0 aliphatic rings. The van der Waals surface area contributed by atoms with E-state index in [0.29, 0.717) is 0 Å². The molecule has 0 aliphatic heterocycles. The van der Waals surface area contributed by atoms with Gasteiger partial charge in [-0.1, -0.05) is 35.4 Å². The van der Waals surface area contributed by atoms with E-state index in [4.69, 9.17) is 0 Å². The van der Waals surface area contributed by atoms with Gasteiger partial charge in [-0.25, -0.2) is 0 Å². The molecule has 0 spiro atoms. The lowest BCUT2D eigenvalue weighted by molar-refractivity contribution is -0.526. The third-order valence-corrected chi connectivity index (χ3v) is 6.39. The number of rotatable bonds is 2. The zero-order valence-corrected chi connectivity index (χ0v) is 17.5. The molecule has 0 saturated heterocycles. The van der Waals surface area contributed by atoms with Crippen LogP contribution >= 0.6 is 8.51 Å². The molecule has 2 aromatic carbocycles. The van der Waals surface area contributed by atoms with Crippen molar-refractivity contribution in [1.82, 2.24) is 4.33 Å². The molecule has 25 heavy (non-hydrogen) atoms. The smallest absolute Gasteiger partial charge is 0.177 e. The molecule has 0 aliphatic carbocycles. The van der Waals surface area contributed by atoms with Gasteiger partial charge in [-0.2, -0.15) is 8.66 Å². The highest BCUT2D eigenvalue weighted by Crippen LogP contribution is 2.29. The Kier molecular flexibility index (Phi) is 4.60. The molecule has 3 aromatic rings. The molecule has 1 aromatic heterocycles. The summed E-state index contributed by atoms with van der Waals surface area (Å²) in [6.07, 6.45) is 0. The van der Waals surface area contributed by atoms with Gasteiger partial charge in [-0.05, 0) is 63.8 Å². The van der Waals surface area contributed by atoms with Crippen molar-refractivity contribution in [3.63, 3.8) is 0 Å². The molecular formula is C22H28N2P+. The Morgan fingerprint density at radius 3 is 1.60 bits per heavy atom. The van der Waals surface area contributed by atoms with Crippen molar-refractivity contribution in [2.24, 2.45) is 0 Å². The van der Waals surface area contributed by atoms with Gasteiger partial charge in [0.25, 0.3) is 0 Å². The lowest BCUT2D eigenvalue weighted by Crippen LogP contribution is -2.30. The van der Waals surface area contributed by atoms with Crippen LogP contribution in [0.5, 0.6) is 0 Å². The van der Waals surface area contributed by atoms with Gasteiger partial charge in [-0.15, -0.1) is 0 Å². The SMILES string of the molecule is Cc1cc(C)c(-n2p[n+](-c3c(C)cc(C)cc3C)c(C)c2C)c(C)c1. The summed E-state index contributed by atoms with van der Waals surface area (Å²) in [6.45, 7) is 17.7. The molecule has 0 bridgehead atoms. The van der Waals surface area contributed by atoms with Gasteiger partial charge >= 0.3 is 8.51 Å². The van der Waals surface area contributed by atoms with Crippen molar-refractivity contribution in [2.45, 2.75) is 55.4 Å². The number of aromatic nitrogens is 2. The second kappa shape index (κ2) is 6.42. The van der Waals surface area contributed by atoms with Crippen molar-refractivity contribution in [3.05, 3.63) is 69.0 Å². The van der Waals surface area contributed by atoms with Gasteiger partial charge in [0.1, 0.15) is 11.4 Å². The van der Waals surface area contributed by atoms with E-state index in [9.17, 15) is 0 Å². The fraction of sp³-hybridized carbons (Fsp3) is 0.364. The summed E-state index contributed by atoms with van der Waals surface area (Å²) in [5.41, 5.74) is 13.4. The highest BCUT2D eigenvalue weighted by atomic mass is 31.1. The Balaban J connectivity index is 2.28. The van der Waals surface area contributed by atoms with Crippen LogP contribution in [0.4, 0.5) is 0 Å². The Hall–Kier alpha value is -1.92. The summed E-state index contributed by atoms with van der Waals surface area (Å²) in [5, 5.41) is 0. The van der Waals surface area contributed by atoms with Crippen LogP contribution < -0.4 is 4.33 Å². The molecule has 0 fully saturated rings. The first-order valence-corrected chi connectivity index (χ1v) is 9.65. The Morgan fingerprint density at radius 1 is 0.680 bits per heavy atom. The summed E-state index contributed by atoms with van der Waals surface area (Å²) in [6, 6.07) is 9.13. The van der Waals surface area contributed by atoms with Crippen molar-refractivity contribution >= 4 is 8.51 Å². The number of aryl methyl sites for hydroxylation is 6. The third kappa shape index (κ3) is 3.04. The van der Waals surface area contributed by atoms with Crippen LogP contribution in [0.15, 0.2) is 24.3 Å². The zero-order chi connectivity index (χ0) is 18.5. The monoisotopic (exact) mass is 351 g/mol.